The third-order valence-corrected chi connectivity index (χ3v) is 4.69. The Bertz CT molecular complexity index is 1160. The third-order valence-electron chi connectivity index (χ3n) is 4.69. The summed E-state index contributed by atoms with van der Waals surface area (Å²) in [6.07, 6.45) is 7.11. The van der Waals surface area contributed by atoms with Gasteiger partial charge < -0.3 is 13.7 Å². The summed E-state index contributed by atoms with van der Waals surface area (Å²) in [5, 5.41) is 0. The van der Waals surface area contributed by atoms with Crippen LogP contribution in [0.5, 0.6) is 5.75 Å². The van der Waals surface area contributed by atoms with E-state index in [1.807, 2.05) is 91.5 Å². The van der Waals surface area contributed by atoms with Gasteiger partial charge in [0, 0.05) is 23.6 Å². The molecule has 0 fully saturated rings. The van der Waals surface area contributed by atoms with Gasteiger partial charge in [-0.05, 0) is 85.7 Å². The molecule has 2 heterocycles. The second-order valence-electron chi connectivity index (χ2n) is 7.25. The van der Waals surface area contributed by atoms with Crippen LogP contribution in [0, 0.1) is 13.8 Å². The second kappa shape index (κ2) is 8.70. The molecule has 0 bridgehead atoms. The summed E-state index contributed by atoms with van der Waals surface area (Å²) in [6, 6.07) is 21.2. The van der Waals surface area contributed by atoms with E-state index in [1.54, 1.807) is 6.08 Å². The first-order valence-corrected chi connectivity index (χ1v) is 9.82. The smallest absolute Gasteiger partial charge is 0.186 e. The predicted molar refractivity (Wildman–Crippen MR) is 118 cm³/mol. The van der Waals surface area contributed by atoms with Gasteiger partial charge in [-0.2, -0.15) is 0 Å². The van der Waals surface area contributed by atoms with Crippen molar-refractivity contribution < 1.29 is 13.9 Å². The van der Waals surface area contributed by atoms with Crippen molar-refractivity contribution in [2.75, 3.05) is 0 Å². The van der Waals surface area contributed by atoms with Crippen molar-refractivity contribution in [2.45, 2.75) is 20.5 Å². The maximum Gasteiger partial charge on any atom is 0.186 e. The van der Waals surface area contributed by atoms with Crippen LogP contribution in [0.25, 0.3) is 11.8 Å². The van der Waals surface area contributed by atoms with Crippen molar-refractivity contribution >= 4 is 11.9 Å². The zero-order valence-electron chi connectivity index (χ0n) is 17.0. The number of aryl methyl sites for hydroxylation is 2. The Labute approximate surface area is 176 Å². The average molecular weight is 397 g/mol. The predicted octanol–water partition coefficient (Wildman–Crippen LogP) is 6.16. The summed E-state index contributed by atoms with van der Waals surface area (Å²) >= 11 is 0. The van der Waals surface area contributed by atoms with E-state index in [-0.39, 0.29) is 5.78 Å². The normalized spacial score (nSPS) is 11.1. The highest BCUT2D eigenvalue weighted by Gasteiger charge is 2.06. The number of carbonyl (C=O) groups excluding carboxylic acids is 1. The lowest BCUT2D eigenvalue weighted by atomic mass is 10.1. The van der Waals surface area contributed by atoms with Gasteiger partial charge in [-0.25, -0.2) is 0 Å². The van der Waals surface area contributed by atoms with Crippen molar-refractivity contribution in [3.8, 4) is 11.4 Å². The van der Waals surface area contributed by atoms with Crippen molar-refractivity contribution in [3.05, 3.63) is 113 Å². The maximum atomic E-state index is 12.6. The van der Waals surface area contributed by atoms with Gasteiger partial charge in [0.05, 0.1) is 0 Å². The lowest BCUT2D eigenvalue weighted by Gasteiger charge is -2.06. The molecule has 0 saturated carbocycles. The summed E-state index contributed by atoms with van der Waals surface area (Å²) in [6.45, 7) is 4.42. The minimum atomic E-state index is -0.0755. The molecule has 4 aromatic rings. The monoisotopic (exact) mass is 397 g/mol. The number of furan rings is 1. The number of hydrogen-bond donors (Lipinski definition) is 0. The summed E-state index contributed by atoms with van der Waals surface area (Å²) in [4.78, 5) is 12.6. The Hall–Kier alpha value is -3.79. The van der Waals surface area contributed by atoms with E-state index in [2.05, 4.69) is 6.07 Å². The van der Waals surface area contributed by atoms with E-state index in [1.165, 1.54) is 6.08 Å². The van der Waals surface area contributed by atoms with E-state index in [4.69, 9.17) is 9.15 Å². The minimum Gasteiger partial charge on any atom is -0.486 e. The Kier molecular flexibility index (Phi) is 5.66. The topological polar surface area (TPSA) is 44.4 Å². The SMILES string of the molecule is Cc1cc(C)cc(OCc2ccc(/C=C/C(=O)c3cccc(-n4cccc4)c3)o2)c1. The van der Waals surface area contributed by atoms with Crippen LogP contribution in [-0.2, 0) is 6.61 Å². The standard InChI is InChI=1S/C26H23NO3/c1-19-14-20(2)16-25(15-19)29-18-24-9-8-23(30-24)10-11-26(28)21-6-5-7-22(17-21)27-12-3-4-13-27/h3-17H,18H2,1-2H3/b11-10+. The Balaban J connectivity index is 1.39. The molecule has 0 unspecified atom stereocenters. The highest BCUT2D eigenvalue weighted by atomic mass is 16.5. The van der Waals surface area contributed by atoms with Crippen LogP contribution < -0.4 is 4.74 Å². The second-order valence-corrected chi connectivity index (χ2v) is 7.25. The van der Waals surface area contributed by atoms with E-state index in [9.17, 15) is 4.79 Å². The molecule has 0 spiro atoms. The van der Waals surface area contributed by atoms with Crippen LogP contribution in [0.1, 0.15) is 33.0 Å². The van der Waals surface area contributed by atoms with Crippen LogP contribution in [0.4, 0.5) is 0 Å². The molecule has 4 rings (SSSR count). The minimum absolute atomic E-state index is 0.0755. The highest BCUT2D eigenvalue weighted by molar-refractivity contribution is 6.06. The fraction of sp³-hybridized carbons (Fsp3) is 0.115. The number of ether oxygens (including phenoxy) is 1. The van der Waals surface area contributed by atoms with Gasteiger partial charge in [0.25, 0.3) is 0 Å². The van der Waals surface area contributed by atoms with Crippen molar-refractivity contribution in [1.29, 1.82) is 0 Å². The molecule has 4 heteroatoms. The third kappa shape index (κ3) is 4.78. The summed E-state index contributed by atoms with van der Waals surface area (Å²) in [5.74, 6) is 2.06. The van der Waals surface area contributed by atoms with Crippen molar-refractivity contribution in [3.63, 3.8) is 0 Å². The summed E-state index contributed by atoms with van der Waals surface area (Å²) in [7, 11) is 0. The van der Waals surface area contributed by atoms with Crippen molar-refractivity contribution in [1.82, 2.24) is 4.57 Å². The van der Waals surface area contributed by atoms with Gasteiger partial charge in [-0.3, -0.25) is 4.79 Å². The molecular formula is C26H23NO3. The Morgan fingerprint density at radius 1 is 0.967 bits per heavy atom. The van der Waals surface area contributed by atoms with Gasteiger partial charge in [0.1, 0.15) is 23.9 Å². The van der Waals surface area contributed by atoms with Crippen LogP contribution in [0.2, 0.25) is 0 Å². The number of allylic oxidation sites excluding steroid dienone is 1. The van der Waals surface area contributed by atoms with Gasteiger partial charge in [0.15, 0.2) is 5.78 Å². The number of rotatable bonds is 7. The average Bonchev–Trinajstić information content (AvgIpc) is 3.42. The molecule has 150 valence electrons. The molecule has 2 aromatic heterocycles. The molecule has 30 heavy (non-hydrogen) atoms. The largest absolute Gasteiger partial charge is 0.486 e. The molecule has 0 saturated heterocycles. The maximum absolute atomic E-state index is 12.6. The lowest BCUT2D eigenvalue weighted by molar-refractivity contribution is 0.104. The van der Waals surface area contributed by atoms with Crippen LogP contribution >= 0.6 is 0 Å². The van der Waals surface area contributed by atoms with E-state index in [0.717, 1.165) is 22.6 Å². The molecule has 4 nitrogen and oxygen atoms in total. The molecule has 2 aromatic carbocycles. The quantitative estimate of drug-likeness (QED) is 0.277. The number of hydrogen-bond acceptors (Lipinski definition) is 3. The first kappa shape index (κ1) is 19.5. The van der Waals surface area contributed by atoms with Crippen molar-refractivity contribution in [2.24, 2.45) is 0 Å². The fourth-order valence-electron chi connectivity index (χ4n) is 3.31. The van der Waals surface area contributed by atoms with E-state index in [0.29, 0.717) is 23.7 Å². The van der Waals surface area contributed by atoms with Crippen LogP contribution in [0.3, 0.4) is 0 Å². The van der Waals surface area contributed by atoms with Crippen LogP contribution in [0.15, 0.2) is 89.6 Å². The first-order valence-electron chi connectivity index (χ1n) is 9.82. The van der Waals surface area contributed by atoms with Gasteiger partial charge in [0.2, 0.25) is 0 Å². The molecule has 0 aliphatic rings. The van der Waals surface area contributed by atoms with Gasteiger partial charge >= 0.3 is 0 Å². The number of carbonyl (C=O) groups is 1. The van der Waals surface area contributed by atoms with Gasteiger partial charge in [-0.1, -0.05) is 18.2 Å². The molecule has 0 aliphatic carbocycles. The molecular weight excluding hydrogens is 374 g/mol. The first-order chi connectivity index (χ1) is 14.6. The Morgan fingerprint density at radius 2 is 1.73 bits per heavy atom. The molecule has 0 radical (unpaired) electrons. The fourth-order valence-corrected chi connectivity index (χ4v) is 3.31. The summed E-state index contributed by atoms with van der Waals surface area (Å²) in [5.41, 5.74) is 3.89. The van der Waals surface area contributed by atoms with Crippen LogP contribution in [-0.4, -0.2) is 10.4 Å². The molecule has 0 aliphatic heterocycles. The van der Waals surface area contributed by atoms with Gasteiger partial charge in [-0.15, -0.1) is 0 Å². The van der Waals surface area contributed by atoms with E-state index < -0.39 is 0 Å². The zero-order valence-corrected chi connectivity index (χ0v) is 17.0. The molecule has 0 atom stereocenters. The summed E-state index contributed by atoms with van der Waals surface area (Å²) < 4.78 is 13.6. The number of nitrogens with zero attached hydrogens (tertiary/aromatic N) is 1. The number of ketones is 1. The zero-order chi connectivity index (χ0) is 20.9. The Morgan fingerprint density at radius 3 is 2.50 bits per heavy atom. The lowest BCUT2D eigenvalue weighted by Crippen LogP contribution is -1.97. The number of benzene rings is 2. The molecule has 0 N–H and O–H groups in total. The van der Waals surface area contributed by atoms with E-state index >= 15 is 0 Å². The molecule has 0 amide bonds. The highest BCUT2D eigenvalue weighted by Crippen LogP contribution is 2.19. The number of aromatic nitrogens is 1.